The maximum absolute atomic E-state index is 12.1. The van der Waals surface area contributed by atoms with E-state index in [2.05, 4.69) is 19.9 Å². The van der Waals surface area contributed by atoms with Crippen LogP contribution in [0.4, 0.5) is 0 Å². The molecule has 1 aliphatic carbocycles. The normalized spacial score (nSPS) is 22.3. The van der Waals surface area contributed by atoms with E-state index in [0.29, 0.717) is 6.61 Å². The molecule has 1 fully saturated rings. The summed E-state index contributed by atoms with van der Waals surface area (Å²) in [6, 6.07) is 2.34. The maximum atomic E-state index is 12.1. The van der Waals surface area contributed by atoms with Crippen LogP contribution in [0.3, 0.4) is 0 Å². The minimum atomic E-state index is 0.000933. The van der Waals surface area contributed by atoms with E-state index >= 15 is 0 Å². The Bertz CT molecular complexity index is 353. The van der Waals surface area contributed by atoms with E-state index in [0.717, 1.165) is 44.4 Å². The van der Waals surface area contributed by atoms with Crippen molar-refractivity contribution in [2.75, 3.05) is 6.61 Å². The molecule has 0 aliphatic heterocycles. The van der Waals surface area contributed by atoms with Crippen LogP contribution in [0.5, 0.6) is 0 Å². The summed E-state index contributed by atoms with van der Waals surface area (Å²) in [6.45, 7) is 4.83. The minimum Gasteiger partial charge on any atom is -0.465 e. The van der Waals surface area contributed by atoms with E-state index < -0.39 is 0 Å². The van der Waals surface area contributed by atoms with Crippen LogP contribution in [0.15, 0.2) is 0 Å². The van der Waals surface area contributed by atoms with Crippen molar-refractivity contribution in [1.82, 2.24) is 0 Å². The molecule has 0 heterocycles. The lowest BCUT2D eigenvalue weighted by Gasteiger charge is -2.27. The van der Waals surface area contributed by atoms with Crippen LogP contribution in [-0.2, 0) is 9.53 Å². The third-order valence-corrected chi connectivity index (χ3v) is 5.16. The largest absolute Gasteiger partial charge is 0.465 e. The Kier molecular flexibility index (Phi) is 10.8. The molecule has 0 spiro atoms. The predicted molar refractivity (Wildman–Crippen MR) is 93.8 cm³/mol. The number of nitriles is 1. The second-order valence-electron chi connectivity index (χ2n) is 7.14. The number of rotatable bonds is 11. The molecular formula is C20H35NO2. The summed E-state index contributed by atoms with van der Waals surface area (Å²) in [6.07, 6.45) is 13.3. The molecule has 0 N–H and O–H groups in total. The topological polar surface area (TPSA) is 50.1 Å². The summed E-state index contributed by atoms with van der Waals surface area (Å²) in [7, 11) is 0. The molecule has 0 aromatic rings. The molecule has 1 unspecified atom stereocenters. The first-order valence-electron chi connectivity index (χ1n) is 9.77. The van der Waals surface area contributed by atoms with Gasteiger partial charge in [-0.2, -0.15) is 5.26 Å². The highest BCUT2D eigenvalue weighted by molar-refractivity contribution is 5.72. The zero-order chi connectivity index (χ0) is 16.9. The first kappa shape index (κ1) is 20.0. The molecule has 0 bridgehead atoms. The Morgan fingerprint density at radius 2 is 1.83 bits per heavy atom. The van der Waals surface area contributed by atoms with Gasteiger partial charge in [0.15, 0.2) is 0 Å². The Balaban J connectivity index is 2.11. The number of hydrogen-bond donors (Lipinski definition) is 0. The molecule has 1 rings (SSSR count). The van der Waals surface area contributed by atoms with Crippen molar-refractivity contribution >= 4 is 5.97 Å². The standard InChI is InChI=1S/C20H35NO2/c1-3-5-6-9-17-11-13-19(14-12-17)20(22)23-15-7-10-18(16-21)8-4-2/h17-19H,3-15H2,1-2H3. The van der Waals surface area contributed by atoms with Gasteiger partial charge in [0.2, 0.25) is 0 Å². The van der Waals surface area contributed by atoms with E-state index in [1.54, 1.807) is 0 Å². The van der Waals surface area contributed by atoms with Gasteiger partial charge in [-0.15, -0.1) is 0 Å². The predicted octanol–water partition coefficient (Wildman–Crippen LogP) is 5.64. The van der Waals surface area contributed by atoms with Crippen molar-refractivity contribution in [2.24, 2.45) is 17.8 Å². The molecule has 132 valence electrons. The van der Waals surface area contributed by atoms with Gasteiger partial charge in [-0.1, -0.05) is 46.0 Å². The van der Waals surface area contributed by atoms with Gasteiger partial charge in [0, 0.05) is 5.92 Å². The minimum absolute atomic E-state index is 0.000933. The molecule has 1 saturated carbocycles. The zero-order valence-corrected chi connectivity index (χ0v) is 15.2. The van der Waals surface area contributed by atoms with Crippen molar-refractivity contribution in [2.45, 2.75) is 90.9 Å². The highest BCUT2D eigenvalue weighted by Gasteiger charge is 2.27. The van der Waals surface area contributed by atoms with Crippen LogP contribution in [0.1, 0.15) is 90.9 Å². The molecule has 0 saturated heterocycles. The van der Waals surface area contributed by atoms with Gasteiger partial charge in [-0.05, 0) is 50.9 Å². The van der Waals surface area contributed by atoms with Gasteiger partial charge in [-0.3, -0.25) is 4.79 Å². The molecule has 0 aromatic heterocycles. The summed E-state index contributed by atoms with van der Waals surface area (Å²) < 4.78 is 5.44. The average Bonchev–Trinajstić information content (AvgIpc) is 2.58. The second-order valence-corrected chi connectivity index (χ2v) is 7.14. The second kappa shape index (κ2) is 12.4. The van der Waals surface area contributed by atoms with Crippen LogP contribution in [-0.4, -0.2) is 12.6 Å². The van der Waals surface area contributed by atoms with E-state index in [-0.39, 0.29) is 17.8 Å². The van der Waals surface area contributed by atoms with Crippen molar-refractivity contribution < 1.29 is 9.53 Å². The quantitative estimate of drug-likeness (QED) is 0.365. The number of carbonyl (C=O) groups is 1. The summed E-state index contributed by atoms with van der Waals surface area (Å²) >= 11 is 0. The lowest BCUT2D eigenvalue weighted by Crippen LogP contribution is -2.24. The number of nitrogens with zero attached hydrogens (tertiary/aromatic N) is 1. The first-order chi connectivity index (χ1) is 11.2. The van der Waals surface area contributed by atoms with E-state index in [4.69, 9.17) is 10.00 Å². The molecule has 1 aliphatic rings. The zero-order valence-electron chi connectivity index (χ0n) is 15.2. The van der Waals surface area contributed by atoms with Crippen LogP contribution >= 0.6 is 0 Å². The summed E-state index contributed by atoms with van der Waals surface area (Å²) in [5.41, 5.74) is 0. The first-order valence-corrected chi connectivity index (χ1v) is 9.77. The number of ether oxygens (including phenoxy) is 1. The smallest absolute Gasteiger partial charge is 0.308 e. The monoisotopic (exact) mass is 321 g/mol. The van der Waals surface area contributed by atoms with Crippen molar-refractivity contribution in [3.05, 3.63) is 0 Å². The van der Waals surface area contributed by atoms with Crippen molar-refractivity contribution in [3.63, 3.8) is 0 Å². The fourth-order valence-electron chi connectivity index (χ4n) is 3.61. The Hall–Kier alpha value is -1.04. The number of hydrogen-bond acceptors (Lipinski definition) is 3. The van der Waals surface area contributed by atoms with Gasteiger partial charge < -0.3 is 4.74 Å². The van der Waals surface area contributed by atoms with E-state index in [1.165, 1.54) is 38.5 Å². The number of unbranched alkanes of at least 4 members (excludes halogenated alkanes) is 2. The number of carbonyl (C=O) groups excluding carboxylic acids is 1. The maximum Gasteiger partial charge on any atom is 0.308 e. The molecule has 23 heavy (non-hydrogen) atoms. The summed E-state index contributed by atoms with van der Waals surface area (Å²) in [4.78, 5) is 12.1. The molecule has 0 amide bonds. The van der Waals surface area contributed by atoms with E-state index in [9.17, 15) is 4.79 Å². The van der Waals surface area contributed by atoms with Crippen molar-refractivity contribution in [3.8, 4) is 6.07 Å². The lowest BCUT2D eigenvalue weighted by molar-refractivity contribution is -0.150. The molecule has 3 heteroatoms. The molecular weight excluding hydrogens is 286 g/mol. The molecule has 3 nitrogen and oxygen atoms in total. The van der Waals surface area contributed by atoms with Crippen LogP contribution in [0.2, 0.25) is 0 Å². The Morgan fingerprint density at radius 3 is 2.43 bits per heavy atom. The summed E-state index contributed by atoms with van der Waals surface area (Å²) in [5.74, 6) is 1.08. The van der Waals surface area contributed by atoms with Gasteiger partial charge in [-0.25, -0.2) is 0 Å². The third kappa shape index (κ3) is 8.39. The van der Waals surface area contributed by atoms with Crippen molar-refractivity contribution in [1.29, 1.82) is 5.26 Å². The Morgan fingerprint density at radius 1 is 1.09 bits per heavy atom. The van der Waals surface area contributed by atoms with Gasteiger partial charge >= 0.3 is 5.97 Å². The van der Waals surface area contributed by atoms with E-state index in [1.807, 2.05) is 0 Å². The van der Waals surface area contributed by atoms with Crippen LogP contribution < -0.4 is 0 Å². The SMILES string of the molecule is CCCCCC1CCC(C(=O)OCCCC(C#N)CCC)CC1. The fraction of sp³-hybridized carbons (Fsp3) is 0.900. The number of esters is 1. The highest BCUT2D eigenvalue weighted by atomic mass is 16.5. The average molecular weight is 322 g/mol. The summed E-state index contributed by atoms with van der Waals surface area (Å²) in [5, 5.41) is 9.01. The Labute approximate surface area is 142 Å². The van der Waals surface area contributed by atoms with Gasteiger partial charge in [0.25, 0.3) is 0 Å². The van der Waals surface area contributed by atoms with Crippen LogP contribution in [0.25, 0.3) is 0 Å². The van der Waals surface area contributed by atoms with Gasteiger partial charge in [0.1, 0.15) is 0 Å². The lowest BCUT2D eigenvalue weighted by atomic mass is 9.80. The molecule has 0 radical (unpaired) electrons. The highest BCUT2D eigenvalue weighted by Crippen LogP contribution is 2.32. The third-order valence-electron chi connectivity index (χ3n) is 5.16. The molecule has 1 atom stereocenters. The fourth-order valence-corrected chi connectivity index (χ4v) is 3.61. The van der Waals surface area contributed by atoms with Gasteiger partial charge in [0.05, 0.1) is 18.6 Å². The van der Waals surface area contributed by atoms with Crippen LogP contribution in [0, 0.1) is 29.1 Å². The molecule has 0 aromatic carbocycles.